The van der Waals surface area contributed by atoms with Crippen LogP contribution in [0.1, 0.15) is 22.3 Å². The van der Waals surface area contributed by atoms with E-state index in [1.54, 1.807) is 18.2 Å². The van der Waals surface area contributed by atoms with Crippen molar-refractivity contribution in [2.24, 2.45) is 0 Å². The minimum Gasteiger partial charge on any atom is -0.478 e. The van der Waals surface area contributed by atoms with Crippen molar-refractivity contribution in [2.45, 2.75) is 6.42 Å². The summed E-state index contributed by atoms with van der Waals surface area (Å²) in [5.74, 6) is -1.76. The van der Waals surface area contributed by atoms with Crippen LogP contribution >= 0.6 is 24.0 Å². The number of hydrogen-bond acceptors (Lipinski definition) is 5. The van der Waals surface area contributed by atoms with Gasteiger partial charge in [0.15, 0.2) is 0 Å². The van der Waals surface area contributed by atoms with Gasteiger partial charge >= 0.3 is 5.97 Å². The maximum atomic E-state index is 12.6. The number of carbonyl (C=O) groups excluding carboxylic acids is 2. The quantitative estimate of drug-likeness (QED) is 0.557. The van der Waals surface area contributed by atoms with Gasteiger partial charge in [0.25, 0.3) is 5.91 Å². The van der Waals surface area contributed by atoms with Gasteiger partial charge in [-0.15, -0.1) is 0 Å². The highest BCUT2D eigenvalue weighted by Gasteiger charge is 2.32. The molecule has 0 spiro atoms. The number of hydrogen-bond donors (Lipinski definition) is 2. The smallest absolute Gasteiger partial charge is 0.337 e. The van der Waals surface area contributed by atoms with E-state index < -0.39 is 11.9 Å². The Morgan fingerprint density at radius 3 is 2.50 bits per heavy atom. The largest absolute Gasteiger partial charge is 0.478 e. The molecule has 0 aliphatic carbocycles. The summed E-state index contributed by atoms with van der Waals surface area (Å²) >= 11 is 6.46. The van der Waals surface area contributed by atoms with E-state index in [0.717, 1.165) is 5.56 Å². The average molecular weight is 412 g/mol. The van der Waals surface area contributed by atoms with E-state index in [4.69, 9.17) is 12.2 Å². The zero-order chi connectivity index (χ0) is 20.1. The number of carboxylic acids is 1. The Balaban J connectivity index is 1.62. The number of anilines is 1. The Hall–Kier alpha value is -2.97. The van der Waals surface area contributed by atoms with Gasteiger partial charge in [-0.3, -0.25) is 14.5 Å². The predicted molar refractivity (Wildman–Crippen MR) is 113 cm³/mol. The second kappa shape index (κ2) is 8.81. The number of carboxylic acid groups (broad SMARTS) is 1. The van der Waals surface area contributed by atoms with E-state index in [-0.39, 0.29) is 30.1 Å². The lowest BCUT2D eigenvalue weighted by atomic mass is 10.1. The molecule has 0 radical (unpaired) electrons. The maximum absolute atomic E-state index is 12.6. The van der Waals surface area contributed by atoms with Crippen LogP contribution in [-0.2, 0) is 9.59 Å². The number of thioether (sulfide) groups is 1. The van der Waals surface area contributed by atoms with E-state index in [0.29, 0.717) is 9.23 Å². The lowest BCUT2D eigenvalue weighted by Crippen LogP contribution is -2.31. The van der Waals surface area contributed by atoms with Crippen molar-refractivity contribution < 1.29 is 19.5 Å². The number of para-hydroxylation sites is 1. The summed E-state index contributed by atoms with van der Waals surface area (Å²) in [6.07, 6.45) is 1.77. The van der Waals surface area contributed by atoms with Crippen molar-refractivity contribution in [3.63, 3.8) is 0 Å². The molecule has 2 amide bonds. The van der Waals surface area contributed by atoms with E-state index in [9.17, 15) is 19.5 Å². The molecule has 1 saturated heterocycles. The molecule has 1 aliphatic heterocycles. The van der Waals surface area contributed by atoms with Crippen molar-refractivity contribution >= 4 is 57.8 Å². The fourth-order valence-electron chi connectivity index (χ4n) is 2.60. The fraction of sp³-hybridized carbons (Fsp3) is 0.100. The second-order valence-electron chi connectivity index (χ2n) is 5.89. The molecule has 1 fully saturated rings. The number of aromatic carboxylic acids is 1. The number of carbonyl (C=O) groups is 3. The Morgan fingerprint density at radius 2 is 1.79 bits per heavy atom. The van der Waals surface area contributed by atoms with E-state index >= 15 is 0 Å². The van der Waals surface area contributed by atoms with Gasteiger partial charge < -0.3 is 10.4 Å². The summed E-state index contributed by atoms with van der Waals surface area (Å²) < 4.78 is 0.394. The number of benzene rings is 2. The molecule has 0 atom stereocenters. The Labute approximate surface area is 171 Å². The lowest BCUT2D eigenvalue weighted by Gasteiger charge is -2.14. The lowest BCUT2D eigenvalue weighted by molar-refractivity contribution is -0.122. The summed E-state index contributed by atoms with van der Waals surface area (Å²) in [5, 5.41) is 11.7. The fourth-order valence-corrected chi connectivity index (χ4v) is 3.91. The van der Waals surface area contributed by atoms with Crippen LogP contribution in [0, 0.1) is 0 Å². The minimum absolute atomic E-state index is 0.000982. The van der Waals surface area contributed by atoms with Gasteiger partial charge in [-0.2, -0.15) is 0 Å². The van der Waals surface area contributed by atoms with Gasteiger partial charge in [0, 0.05) is 13.0 Å². The van der Waals surface area contributed by atoms with Gasteiger partial charge in [-0.1, -0.05) is 66.4 Å². The number of rotatable bonds is 6. The molecule has 6 nitrogen and oxygen atoms in total. The van der Waals surface area contributed by atoms with Crippen LogP contribution in [0.15, 0.2) is 59.5 Å². The molecule has 3 rings (SSSR count). The van der Waals surface area contributed by atoms with Crippen molar-refractivity contribution in [3.05, 3.63) is 70.6 Å². The van der Waals surface area contributed by atoms with Gasteiger partial charge in [-0.25, -0.2) is 4.79 Å². The summed E-state index contributed by atoms with van der Waals surface area (Å²) in [7, 11) is 0. The molecule has 0 saturated carbocycles. The minimum atomic E-state index is -1.13. The molecule has 28 heavy (non-hydrogen) atoms. The van der Waals surface area contributed by atoms with Gasteiger partial charge in [0.1, 0.15) is 4.32 Å². The summed E-state index contributed by atoms with van der Waals surface area (Å²) in [6.45, 7) is 0.123. The van der Waals surface area contributed by atoms with Crippen LogP contribution in [0.2, 0.25) is 0 Å². The number of nitrogens with one attached hydrogen (secondary N) is 1. The topological polar surface area (TPSA) is 86.7 Å². The zero-order valence-corrected chi connectivity index (χ0v) is 16.3. The van der Waals surface area contributed by atoms with Crippen molar-refractivity contribution in [2.75, 3.05) is 11.9 Å². The van der Waals surface area contributed by atoms with Crippen LogP contribution in [-0.4, -0.2) is 38.7 Å². The first-order valence-corrected chi connectivity index (χ1v) is 9.61. The molecule has 2 aromatic rings. The molecule has 2 aromatic carbocycles. The molecule has 1 aliphatic rings. The number of thiocarbonyl (C=S) groups is 1. The zero-order valence-electron chi connectivity index (χ0n) is 14.6. The Kier molecular flexibility index (Phi) is 6.23. The van der Waals surface area contributed by atoms with Crippen LogP contribution in [0.4, 0.5) is 5.69 Å². The van der Waals surface area contributed by atoms with E-state index in [2.05, 4.69) is 5.32 Å². The number of nitrogens with zero attached hydrogens (tertiary/aromatic N) is 1. The van der Waals surface area contributed by atoms with E-state index in [1.807, 2.05) is 30.3 Å². The molecule has 142 valence electrons. The van der Waals surface area contributed by atoms with Gasteiger partial charge in [0.2, 0.25) is 5.91 Å². The molecule has 1 heterocycles. The number of amides is 2. The molecule has 0 unspecified atom stereocenters. The molecule has 0 bridgehead atoms. The van der Waals surface area contributed by atoms with Crippen LogP contribution in [0.25, 0.3) is 6.08 Å². The molecule has 2 N–H and O–H groups in total. The van der Waals surface area contributed by atoms with Crippen LogP contribution in [0.3, 0.4) is 0 Å². The van der Waals surface area contributed by atoms with Crippen molar-refractivity contribution in [1.29, 1.82) is 0 Å². The molecule has 8 heteroatoms. The highest BCUT2D eigenvalue weighted by atomic mass is 32.2. The Morgan fingerprint density at radius 1 is 1.11 bits per heavy atom. The molecule has 0 aromatic heterocycles. The van der Waals surface area contributed by atoms with Gasteiger partial charge in [-0.05, 0) is 23.8 Å². The highest BCUT2D eigenvalue weighted by Crippen LogP contribution is 2.32. The SMILES string of the molecule is O=C(CCN1C(=O)/C(=C\c2ccccc2)SC1=S)Nc1ccccc1C(=O)O. The monoisotopic (exact) mass is 412 g/mol. The first-order chi connectivity index (χ1) is 13.5. The Bertz CT molecular complexity index is 973. The standard InChI is InChI=1S/C20H16N2O4S2/c23-17(21-15-9-5-4-8-14(15)19(25)26)10-11-22-18(24)16(28-20(22)27)12-13-6-2-1-3-7-13/h1-9,12H,10-11H2,(H,21,23)(H,25,26)/b16-12+. The van der Waals surface area contributed by atoms with Crippen LogP contribution < -0.4 is 5.32 Å². The predicted octanol–water partition coefficient (Wildman–Crippen LogP) is 3.61. The van der Waals surface area contributed by atoms with Crippen molar-refractivity contribution in [1.82, 2.24) is 4.90 Å². The average Bonchev–Trinajstić information content (AvgIpc) is 2.94. The third kappa shape index (κ3) is 4.65. The third-order valence-electron chi connectivity index (χ3n) is 3.96. The first kappa shape index (κ1) is 19.8. The second-order valence-corrected chi connectivity index (χ2v) is 7.57. The maximum Gasteiger partial charge on any atom is 0.337 e. The first-order valence-electron chi connectivity index (χ1n) is 8.38. The summed E-state index contributed by atoms with van der Waals surface area (Å²) in [4.78, 5) is 37.9. The molecular weight excluding hydrogens is 396 g/mol. The summed E-state index contributed by atoms with van der Waals surface area (Å²) in [6, 6.07) is 15.6. The van der Waals surface area contributed by atoms with Crippen molar-refractivity contribution in [3.8, 4) is 0 Å². The van der Waals surface area contributed by atoms with E-state index in [1.165, 1.54) is 28.8 Å². The van der Waals surface area contributed by atoms with Crippen LogP contribution in [0.5, 0.6) is 0 Å². The van der Waals surface area contributed by atoms with Gasteiger partial charge in [0.05, 0.1) is 16.2 Å². The summed E-state index contributed by atoms with van der Waals surface area (Å²) in [5.41, 5.74) is 1.12. The normalized spacial score (nSPS) is 15.1. The highest BCUT2D eigenvalue weighted by molar-refractivity contribution is 8.26. The third-order valence-corrected chi connectivity index (χ3v) is 5.34. The molecular formula is C20H16N2O4S2.